The molecule has 1 amide bonds. The predicted octanol–water partition coefficient (Wildman–Crippen LogP) is 3.26. The summed E-state index contributed by atoms with van der Waals surface area (Å²) in [6, 6.07) is 5.67. The monoisotopic (exact) mass is 432 g/mol. The van der Waals surface area contributed by atoms with Crippen molar-refractivity contribution in [2.24, 2.45) is 7.05 Å². The van der Waals surface area contributed by atoms with Crippen LogP contribution in [0.1, 0.15) is 36.9 Å². The first-order chi connectivity index (χ1) is 14.0. The topological polar surface area (TPSA) is 89.9 Å². The van der Waals surface area contributed by atoms with Crippen molar-refractivity contribution in [3.05, 3.63) is 46.3 Å². The first-order valence-electron chi connectivity index (χ1n) is 9.42. The molecule has 3 atom stereocenters. The third-order valence-corrected chi connectivity index (χ3v) is 6.55. The van der Waals surface area contributed by atoms with Gasteiger partial charge in [0, 0.05) is 30.6 Å². The number of aromatic nitrogens is 5. The fourth-order valence-electron chi connectivity index (χ4n) is 4.34. The van der Waals surface area contributed by atoms with Crippen LogP contribution in [0.2, 0.25) is 10.0 Å². The fraction of sp³-hybridized carbons (Fsp3) is 0.421. The van der Waals surface area contributed by atoms with E-state index >= 15 is 0 Å². The molecule has 0 spiro atoms. The number of carbonyl (C=O) groups is 1. The second-order valence-electron chi connectivity index (χ2n) is 7.57. The highest BCUT2D eigenvalue weighted by molar-refractivity contribution is 6.42. The Kier molecular flexibility index (Phi) is 4.55. The number of hydrogen-bond donors (Lipinski definition) is 0. The van der Waals surface area contributed by atoms with Crippen LogP contribution >= 0.6 is 23.2 Å². The molecule has 1 aromatic carbocycles. The molecule has 6 rings (SSSR count). The molecule has 3 fully saturated rings. The van der Waals surface area contributed by atoms with Gasteiger partial charge in [0.2, 0.25) is 17.6 Å². The Labute approximate surface area is 176 Å². The van der Waals surface area contributed by atoms with Gasteiger partial charge in [-0.1, -0.05) is 28.4 Å². The van der Waals surface area contributed by atoms with Gasteiger partial charge >= 0.3 is 0 Å². The minimum Gasteiger partial charge on any atom is -0.339 e. The number of piperidine rings is 1. The molecule has 8 nitrogen and oxygen atoms in total. The van der Waals surface area contributed by atoms with Crippen LogP contribution in [0.3, 0.4) is 0 Å². The summed E-state index contributed by atoms with van der Waals surface area (Å²) < 4.78 is 7.17. The van der Waals surface area contributed by atoms with E-state index in [0.29, 0.717) is 27.6 Å². The van der Waals surface area contributed by atoms with E-state index in [1.165, 1.54) is 6.33 Å². The quantitative estimate of drug-likeness (QED) is 0.628. The van der Waals surface area contributed by atoms with Gasteiger partial charge in [-0.2, -0.15) is 10.1 Å². The minimum absolute atomic E-state index is 0.0998. The molecule has 2 bridgehead atoms. The first kappa shape index (κ1) is 18.6. The third kappa shape index (κ3) is 3.30. The van der Waals surface area contributed by atoms with Crippen LogP contribution in [-0.2, 0) is 18.3 Å². The lowest BCUT2D eigenvalue weighted by Crippen LogP contribution is -2.62. The molecule has 1 aliphatic carbocycles. The van der Waals surface area contributed by atoms with E-state index in [1.54, 1.807) is 23.9 Å². The highest BCUT2D eigenvalue weighted by Crippen LogP contribution is 2.45. The lowest BCUT2D eigenvalue weighted by molar-refractivity contribution is -0.149. The molecule has 0 N–H and O–H groups in total. The predicted molar refractivity (Wildman–Crippen MR) is 105 cm³/mol. The summed E-state index contributed by atoms with van der Waals surface area (Å²) in [7, 11) is 1.80. The zero-order valence-corrected chi connectivity index (χ0v) is 17.1. The standard InChI is InChI=1S/C19H18Cl2N6O2/c1-26-16(22-9-23-26)8-17(28)27-12-4-11(5-13(27)7-12)19-24-18(25-29-19)10-2-3-14(20)15(21)6-10/h2-3,6,9,11-13H,4-5,7-8H2,1H3/t11?,12-,13+. The Bertz CT molecular complexity index is 1070. The summed E-state index contributed by atoms with van der Waals surface area (Å²) in [5, 5.41) is 9.06. The summed E-state index contributed by atoms with van der Waals surface area (Å²) in [6.07, 6.45) is 4.41. The smallest absolute Gasteiger partial charge is 0.230 e. The normalized spacial score (nSPS) is 23.1. The molecule has 150 valence electrons. The molecule has 0 radical (unpaired) electrons. The average Bonchev–Trinajstić information content (AvgIpc) is 3.34. The van der Waals surface area contributed by atoms with Gasteiger partial charge in [0.15, 0.2) is 0 Å². The van der Waals surface area contributed by atoms with Crippen molar-refractivity contribution in [1.29, 1.82) is 0 Å². The molecule has 1 unspecified atom stereocenters. The summed E-state index contributed by atoms with van der Waals surface area (Å²) in [5.74, 6) is 2.04. The number of benzene rings is 1. The van der Waals surface area contributed by atoms with E-state index in [1.807, 2.05) is 11.0 Å². The van der Waals surface area contributed by atoms with Crippen LogP contribution < -0.4 is 0 Å². The van der Waals surface area contributed by atoms with E-state index in [4.69, 9.17) is 27.7 Å². The molecule has 3 aliphatic rings. The number of rotatable bonds is 4. The SMILES string of the molecule is Cn1ncnc1CC(=O)N1[C@@H]2CC(c3nc(-c4ccc(Cl)c(Cl)c4)no3)C[C@H]1C2. The van der Waals surface area contributed by atoms with Crippen molar-refractivity contribution in [2.45, 2.75) is 43.7 Å². The van der Waals surface area contributed by atoms with E-state index < -0.39 is 0 Å². The van der Waals surface area contributed by atoms with Gasteiger partial charge in [-0.3, -0.25) is 9.48 Å². The Morgan fingerprint density at radius 2 is 2.00 bits per heavy atom. The molecule has 10 heteroatoms. The second kappa shape index (κ2) is 7.11. The van der Waals surface area contributed by atoms with Crippen molar-refractivity contribution in [3.63, 3.8) is 0 Å². The summed E-state index contributed by atoms with van der Waals surface area (Å²) in [4.78, 5) is 23.4. The van der Waals surface area contributed by atoms with Gasteiger partial charge < -0.3 is 9.42 Å². The Hall–Kier alpha value is -2.45. The van der Waals surface area contributed by atoms with Crippen molar-refractivity contribution in [1.82, 2.24) is 29.8 Å². The van der Waals surface area contributed by atoms with Crippen LogP contribution in [0.4, 0.5) is 0 Å². The van der Waals surface area contributed by atoms with Gasteiger partial charge in [-0.05, 0) is 37.5 Å². The highest BCUT2D eigenvalue weighted by Gasteiger charge is 2.49. The molecular weight excluding hydrogens is 415 g/mol. The number of halogens is 2. The van der Waals surface area contributed by atoms with Crippen molar-refractivity contribution < 1.29 is 9.32 Å². The minimum atomic E-state index is 0.0998. The first-order valence-corrected chi connectivity index (χ1v) is 10.2. The zero-order chi connectivity index (χ0) is 20.1. The van der Waals surface area contributed by atoms with E-state index in [2.05, 4.69) is 20.2 Å². The molecule has 1 saturated carbocycles. The Morgan fingerprint density at radius 1 is 1.21 bits per heavy atom. The molecule has 4 heterocycles. The molecule has 29 heavy (non-hydrogen) atoms. The Balaban J connectivity index is 1.26. The summed E-state index contributed by atoms with van der Waals surface area (Å²) >= 11 is 12.1. The largest absolute Gasteiger partial charge is 0.339 e. The van der Waals surface area contributed by atoms with Crippen molar-refractivity contribution in [3.8, 4) is 11.4 Å². The molecule has 2 aliphatic heterocycles. The van der Waals surface area contributed by atoms with Crippen LogP contribution in [-0.4, -0.2) is 47.8 Å². The number of aryl methyl sites for hydroxylation is 1. The Morgan fingerprint density at radius 3 is 2.69 bits per heavy atom. The van der Waals surface area contributed by atoms with Crippen LogP contribution in [0.15, 0.2) is 29.0 Å². The number of amides is 1. The van der Waals surface area contributed by atoms with Gasteiger partial charge in [-0.25, -0.2) is 4.98 Å². The maximum absolute atomic E-state index is 12.7. The number of hydrogen-bond acceptors (Lipinski definition) is 6. The van der Waals surface area contributed by atoms with Gasteiger partial charge in [0.1, 0.15) is 12.2 Å². The van der Waals surface area contributed by atoms with Gasteiger partial charge in [-0.15, -0.1) is 0 Å². The fourth-order valence-corrected chi connectivity index (χ4v) is 4.64. The van der Waals surface area contributed by atoms with Crippen LogP contribution in [0.5, 0.6) is 0 Å². The average molecular weight is 433 g/mol. The molecular formula is C19H18Cl2N6O2. The lowest BCUT2D eigenvalue weighted by Gasteiger charge is -2.54. The summed E-state index contributed by atoms with van der Waals surface area (Å²) in [5.41, 5.74) is 0.760. The van der Waals surface area contributed by atoms with Gasteiger partial charge in [0.25, 0.3) is 0 Å². The molecule has 2 saturated heterocycles. The van der Waals surface area contributed by atoms with E-state index in [0.717, 1.165) is 24.8 Å². The van der Waals surface area contributed by atoms with E-state index in [9.17, 15) is 4.79 Å². The van der Waals surface area contributed by atoms with E-state index in [-0.39, 0.29) is 30.3 Å². The molecule has 3 aromatic rings. The second-order valence-corrected chi connectivity index (χ2v) is 8.39. The summed E-state index contributed by atoms with van der Waals surface area (Å²) in [6.45, 7) is 0. The van der Waals surface area contributed by atoms with Crippen LogP contribution in [0.25, 0.3) is 11.4 Å². The van der Waals surface area contributed by atoms with Crippen LogP contribution in [0, 0.1) is 0 Å². The highest BCUT2D eigenvalue weighted by atomic mass is 35.5. The maximum Gasteiger partial charge on any atom is 0.230 e. The van der Waals surface area contributed by atoms with Gasteiger partial charge in [0.05, 0.1) is 16.5 Å². The number of nitrogens with zero attached hydrogens (tertiary/aromatic N) is 6. The third-order valence-electron chi connectivity index (χ3n) is 5.82. The van der Waals surface area contributed by atoms with Crippen molar-refractivity contribution in [2.75, 3.05) is 0 Å². The number of fused-ring (bicyclic) bond motifs is 2. The lowest BCUT2D eigenvalue weighted by atomic mass is 9.73. The molecule has 2 aromatic heterocycles. The maximum atomic E-state index is 12.7. The zero-order valence-electron chi connectivity index (χ0n) is 15.6. The van der Waals surface area contributed by atoms with Crippen molar-refractivity contribution >= 4 is 29.1 Å². The number of carbonyl (C=O) groups excluding carboxylic acids is 1.